The van der Waals surface area contributed by atoms with Gasteiger partial charge in [0.1, 0.15) is 0 Å². The van der Waals surface area contributed by atoms with Gasteiger partial charge in [-0.1, -0.05) is 0 Å². The fourth-order valence-corrected chi connectivity index (χ4v) is 0.339. The van der Waals surface area contributed by atoms with E-state index in [-0.39, 0.29) is 106 Å². The van der Waals surface area contributed by atoms with Crippen LogP contribution in [0.15, 0.2) is 0 Å². The number of hydrogen-bond donors (Lipinski definition) is 0. The first kappa shape index (κ1) is 23.7. The largest absolute Gasteiger partial charge is 0.410 e. The minimum atomic E-state index is 0. The molecule has 0 spiro atoms. The SMILES string of the molecule is [CH2-]c1n[c-]nc([CH2-])n1.[CH3-].[Y].[Y].[Y]. The van der Waals surface area contributed by atoms with Crippen LogP contribution in [0.2, 0.25) is 0 Å². The molecule has 0 aromatic carbocycles. The molecule has 1 aromatic heterocycles. The molecule has 3 nitrogen and oxygen atoms in total. The average molecular weight is 388 g/mol. The molecule has 0 aliphatic carbocycles. The zero-order chi connectivity index (χ0) is 5.98. The fraction of sp³-hybridized carbons (Fsp3) is 0. The molecule has 3 radical (unpaired) electrons. The Morgan fingerprint density at radius 1 is 0.917 bits per heavy atom. The van der Waals surface area contributed by atoms with Crippen LogP contribution in [0.5, 0.6) is 0 Å². The van der Waals surface area contributed by atoms with E-state index in [0.717, 1.165) is 0 Å². The molecule has 0 bridgehead atoms. The van der Waals surface area contributed by atoms with E-state index in [0.29, 0.717) is 11.6 Å². The third kappa shape index (κ3) is 10.1. The number of nitrogens with zero attached hydrogens (tertiary/aromatic N) is 3. The molecule has 0 saturated carbocycles. The molecule has 12 heavy (non-hydrogen) atoms. The van der Waals surface area contributed by atoms with Gasteiger partial charge in [0.05, 0.1) is 0 Å². The van der Waals surface area contributed by atoms with Crippen molar-refractivity contribution in [2.24, 2.45) is 0 Å². The standard InChI is InChI=1S/C5H4N3.CH3.3Y/c1-4-6-3-7-5(2)8-4;;;;/h1-2H2;1H3;;;/q-3;-1;;;. The molecule has 0 aliphatic heterocycles. The minimum Gasteiger partial charge on any atom is -0.410 e. The summed E-state index contributed by atoms with van der Waals surface area (Å²) in [6.45, 7) is 6.90. The summed E-state index contributed by atoms with van der Waals surface area (Å²) in [6.07, 6.45) is 2.34. The summed E-state index contributed by atoms with van der Waals surface area (Å²) in [4.78, 5) is 10.8. The van der Waals surface area contributed by atoms with Crippen LogP contribution in [0.25, 0.3) is 0 Å². The van der Waals surface area contributed by atoms with E-state index < -0.39 is 0 Å². The van der Waals surface area contributed by atoms with Gasteiger partial charge in [-0.05, 0) is 0 Å². The molecule has 59 valence electrons. The van der Waals surface area contributed by atoms with Crippen molar-refractivity contribution < 1.29 is 98.1 Å². The molecule has 0 aliphatic rings. The summed E-state index contributed by atoms with van der Waals surface area (Å²) in [7, 11) is 0. The molecule has 1 rings (SSSR count). The summed E-state index contributed by atoms with van der Waals surface area (Å²) < 4.78 is 0. The predicted octanol–water partition coefficient (Wildman–Crippen LogP) is 0.479. The summed E-state index contributed by atoms with van der Waals surface area (Å²) in [5.74, 6) is 0.815. The molecule has 0 saturated heterocycles. The van der Waals surface area contributed by atoms with Crippen LogP contribution in [0, 0.1) is 27.6 Å². The molecular weight excluding hydrogens is 381 g/mol. The quantitative estimate of drug-likeness (QED) is 0.608. The Bertz CT molecular complexity index is 178. The Balaban J connectivity index is -0.0000000800. The van der Waals surface area contributed by atoms with Crippen LogP contribution >= 0.6 is 0 Å². The number of aromatic nitrogens is 3. The molecule has 0 fully saturated rings. The van der Waals surface area contributed by atoms with Crippen molar-refractivity contribution in [3.8, 4) is 0 Å². The van der Waals surface area contributed by atoms with E-state index in [1.54, 1.807) is 0 Å². The van der Waals surface area contributed by atoms with Crippen molar-refractivity contribution in [3.05, 3.63) is 39.3 Å². The first-order valence-corrected chi connectivity index (χ1v) is 2.05. The second-order valence-corrected chi connectivity index (χ2v) is 1.27. The normalized spacial score (nSPS) is 6.00. The van der Waals surface area contributed by atoms with Gasteiger partial charge in [0, 0.05) is 104 Å². The second-order valence-electron chi connectivity index (χ2n) is 1.27. The van der Waals surface area contributed by atoms with Crippen LogP contribution < -0.4 is 0 Å². The zero-order valence-electron chi connectivity index (χ0n) is 6.99. The Kier molecular flexibility index (Phi) is 25.8. The van der Waals surface area contributed by atoms with Crippen LogP contribution in [0.3, 0.4) is 0 Å². The first-order valence-electron chi connectivity index (χ1n) is 2.05. The van der Waals surface area contributed by atoms with Gasteiger partial charge in [-0.2, -0.15) is 0 Å². The third-order valence-electron chi connectivity index (χ3n) is 0.616. The van der Waals surface area contributed by atoms with Crippen LogP contribution in [0.4, 0.5) is 0 Å². The van der Waals surface area contributed by atoms with Crippen molar-refractivity contribution in [2.75, 3.05) is 0 Å². The molecular formula is C6H7N3Y3-4. The van der Waals surface area contributed by atoms with Gasteiger partial charge < -0.3 is 36.2 Å². The molecule has 1 heterocycles. The van der Waals surface area contributed by atoms with Crippen LogP contribution in [-0.4, -0.2) is 15.0 Å². The molecule has 0 atom stereocenters. The Labute approximate surface area is 149 Å². The monoisotopic (exact) mass is 388 g/mol. The average Bonchev–Trinajstić information content (AvgIpc) is 1.64. The van der Waals surface area contributed by atoms with Gasteiger partial charge in [-0.15, -0.1) is 11.6 Å². The van der Waals surface area contributed by atoms with Crippen LogP contribution in [0.1, 0.15) is 11.6 Å². The molecule has 6 heteroatoms. The van der Waals surface area contributed by atoms with E-state index in [9.17, 15) is 0 Å². The van der Waals surface area contributed by atoms with Gasteiger partial charge in [-0.25, -0.2) is 0 Å². The van der Waals surface area contributed by atoms with E-state index in [4.69, 9.17) is 0 Å². The maximum atomic E-state index is 3.70. The van der Waals surface area contributed by atoms with Gasteiger partial charge in [0.2, 0.25) is 0 Å². The Hall–Kier alpha value is 2.06. The van der Waals surface area contributed by atoms with E-state index in [1.807, 2.05) is 0 Å². The smallest absolute Gasteiger partial charge is 0.0198 e. The third-order valence-corrected chi connectivity index (χ3v) is 0.616. The second kappa shape index (κ2) is 13.1. The van der Waals surface area contributed by atoms with E-state index in [2.05, 4.69) is 35.1 Å². The topological polar surface area (TPSA) is 38.7 Å². The van der Waals surface area contributed by atoms with Crippen molar-refractivity contribution in [1.82, 2.24) is 15.0 Å². The summed E-state index contributed by atoms with van der Waals surface area (Å²) in [5, 5.41) is 0. The number of rotatable bonds is 0. The molecule has 0 amide bonds. The number of hydrogen-bond acceptors (Lipinski definition) is 3. The van der Waals surface area contributed by atoms with Crippen molar-refractivity contribution in [1.29, 1.82) is 0 Å². The molecule has 0 N–H and O–H groups in total. The maximum absolute atomic E-state index is 3.70. The van der Waals surface area contributed by atoms with Gasteiger partial charge in [-0.3, -0.25) is 0 Å². The van der Waals surface area contributed by atoms with E-state index >= 15 is 0 Å². The summed E-state index contributed by atoms with van der Waals surface area (Å²) in [5.41, 5.74) is 0. The summed E-state index contributed by atoms with van der Waals surface area (Å²) >= 11 is 0. The minimum absolute atomic E-state index is 0. The Morgan fingerprint density at radius 2 is 1.25 bits per heavy atom. The first-order chi connectivity index (χ1) is 3.79. The maximum Gasteiger partial charge on any atom is 0.0198 e. The zero-order valence-corrected chi connectivity index (χ0v) is 15.5. The van der Waals surface area contributed by atoms with E-state index in [1.165, 1.54) is 0 Å². The molecule has 1 aromatic rings. The molecule has 0 unspecified atom stereocenters. The van der Waals surface area contributed by atoms with Gasteiger partial charge in [0.25, 0.3) is 0 Å². The van der Waals surface area contributed by atoms with Gasteiger partial charge in [0.15, 0.2) is 0 Å². The van der Waals surface area contributed by atoms with Crippen molar-refractivity contribution in [2.45, 2.75) is 0 Å². The fourth-order valence-electron chi connectivity index (χ4n) is 0.339. The van der Waals surface area contributed by atoms with Crippen molar-refractivity contribution >= 4 is 0 Å². The van der Waals surface area contributed by atoms with Crippen molar-refractivity contribution in [3.63, 3.8) is 0 Å². The summed E-state index contributed by atoms with van der Waals surface area (Å²) in [6, 6.07) is 0. The Morgan fingerprint density at radius 3 is 1.42 bits per heavy atom. The van der Waals surface area contributed by atoms with Gasteiger partial charge >= 0.3 is 0 Å². The van der Waals surface area contributed by atoms with Crippen LogP contribution in [-0.2, 0) is 98.1 Å². The predicted molar refractivity (Wildman–Crippen MR) is 34.0 cm³/mol.